The fourth-order valence-corrected chi connectivity index (χ4v) is 8.87. The van der Waals surface area contributed by atoms with E-state index in [1.165, 1.54) is 0 Å². The molecular formula is C37H68N2O11. The van der Waals surface area contributed by atoms with Crippen molar-refractivity contribution < 1.29 is 53.3 Å². The van der Waals surface area contributed by atoms with E-state index in [4.69, 9.17) is 33.2 Å². The summed E-state index contributed by atoms with van der Waals surface area (Å²) in [6.45, 7) is 16.6. The number of likely N-dealkylation sites (N-methyl/N-ethyl adjacent to an activating group) is 1. The Morgan fingerprint density at radius 3 is 2.18 bits per heavy atom. The lowest BCUT2D eigenvalue weighted by Crippen LogP contribution is -2.61. The molecule has 0 saturated carbocycles. The van der Waals surface area contributed by atoms with Crippen molar-refractivity contribution in [3.05, 3.63) is 0 Å². The molecule has 0 spiro atoms. The monoisotopic (exact) mass is 716 g/mol. The number of carbonyl (C=O) groups excluding carboxylic acids is 1. The molecule has 0 aromatic heterocycles. The number of esters is 1. The van der Waals surface area contributed by atoms with E-state index in [2.05, 4.69) is 4.90 Å². The van der Waals surface area contributed by atoms with Gasteiger partial charge in [-0.25, -0.2) is 0 Å². The van der Waals surface area contributed by atoms with E-state index in [9.17, 15) is 20.1 Å². The number of ether oxygens (including phenoxy) is 7. The lowest BCUT2D eigenvalue weighted by molar-refractivity contribution is -0.319. The maximum atomic E-state index is 14.1. The first-order valence-corrected chi connectivity index (χ1v) is 18.7. The first-order valence-electron chi connectivity index (χ1n) is 18.7. The van der Waals surface area contributed by atoms with Crippen molar-refractivity contribution in [3.8, 4) is 0 Å². The second kappa shape index (κ2) is 17.0. The fourth-order valence-electron chi connectivity index (χ4n) is 8.87. The van der Waals surface area contributed by atoms with E-state index in [1.54, 1.807) is 28.1 Å². The van der Waals surface area contributed by atoms with Gasteiger partial charge in [0.05, 0.1) is 47.6 Å². The quantitative estimate of drug-likeness (QED) is 0.332. The first-order chi connectivity index (χ1) is 23.3. The molecule has 0 aromatic rings. The second-order valence-electron chi connectivity index (χ2n) is 16.4. The number of carbonyl (C=O) groups is 1. The smallest absolute Gasteiger partial charge is 0.311 e. The molecule has 4 aliphatic rings. The lowest BCUT2D eigenvalue weighted by Gasteiger charge is -2.50. The Morgan fingerprint density at radius 1 is 0.900 bits per heavy atom. The highest BCUT2D eigenvalue weighted by molar-refractivity contribution is 5.73. The molecule has 50 heavy (non-hydrogen) atoms. The first kappa shape index (κ1) is 41.8. The van der Waals surface area contributed by atoms with Crippen LogP contribution in [0.5, 0.6) is 0 Å². The van der Waals surface area contributed by atoms with Gasteiger partial charge in [-0.05, 0) is 93.8 Å². The average Bonchev–Trinajstić information content (AvgIpc) is 3.07. The number of aliphatic hydroxyl groups excluding tert-OH is 3. The van der Waals surface area contributed by atoms with Crippen molar-refractivity contribution in [2.24, 2.45) is 17.8 Å². The van der Waals surface area contributed by atoms with Gasteiger partial charge in [0.1, 0.15) is 18.3 Å². The van der Waals surface area contributed by atoms with Crippen molar-refractivity contribution in [2.75, 3.05) is 41.4 Å². The minimum Gasteiger partial charge on any atom is -0.461 e. The van der Waals surface area contributed by atoms with Gasteiger partial charge in [0.15, 0.2) is 12.6 Å². The van der Waals surface area contributed by atoms with Gasteiger partial charge in [0, 0.05) is 45.2 Å². The summed E-state index contributed by atoms with van der Waals surface area (Å²) in [5.41, 5.74) is -1.98. The Hall–Kier alpha value is -0.970. The summed E-state index contributed by atoms with van der Waals surface area (Å²) in [5, 5.41) is 34.2. The minimum absolute atomic E-state index is 0.179. The molecule has 13 nitrogen and oxygen atoms in total. The number of hydrogen-bond donors (Lipinski definition) is 3. The molecule has 4 aliphatic heterocycles. The molecule has 4 saturated heterocycles. The number of nitrogens with zero attached hydrogens (tertiary/aromatic N) is 2. The molecule has 0 aliphatic carbocycles. The summed E-state index contributed by atoms with van der Waals surface area (Å²) >= 11 is 0. The Kier molecular flexibility index (Phi) is 14.2. The van der Waals surface area contributed by atoms with Crippen LogP contribution in [0.15, 0.2) is 0 Å². The van der Waals surface area contributed by atoms with Crippen LogP contribution in [0.2, 0.25) is 0 Å². The van der Waals surface area contributed by atoms with Gasteiger partial charge < -0.3 is 53.4 Å². The molecule has 4 rings (SSSR count). The van der Waals surface area contributed by atoms with Gasteiger partial charge in [0.2, 0.25) is 0 Å². The predicted molar refractivity (Wildman–Crippen MR) is 186 cm³/mol. The van der Waals surface area contributed by atoms with E-state index >= 15 is 0 Å². The molecule has 0 radical (unpaired) electrons. The zero-order valence-electron chi connectivity index (χ0n) is 32.6. The summed E-state index contributed by atoms with van der Waals surface area (Å²) in [4.78, 5) is 18.3. The van der Waals surface area contributed by atoms with Crippen LogP contribution in [0.3, 0.4) is 0 Å². The largest absolute Gasteiger partial charge is 0.461 e. The van der Waals surface area contributed by atoms with Crippen molar-refractivity contribution >= 4 is 5.97 Å². The highest BCUT2D eigenvalue weighted by Crippen LogP contribution is 2.41. The molecule has 4 heterocycles. The topological polar surface area (TPSA) is 149 Å². The summed E-state index contributed by atoms with van der Waals surface area (Å²) < 4.78 is 44.5. The molecule has 1 unspecified atom stereocenters. The van der Waals surface area contributed by atoms with Gasteiger partial charge >= 0.3 is 5.97 Å². The molecule has 3 N–H and O–H groups in total. The number of aliphatic hydroxyl groups is 3. The highest BCUT2D eigenvalue weighted by atomic mass is 16.7. The van der Waals surface area contributed by atoms with Crippen molar-refractivity contribution in [1.29, 1.82) is 0 Å². The molecule has 2 bridgehead atoms. The number of rotatable bonds is 7. The van der Waals surface area contributed by atoms with Gasteiger partial charge in [-0.2, -0.15) is 0 Å². The molecule has 0 amide bonds. The average molecular weight is 717 g/mol. The Bertz CT molecular complexity index is 1100. The van der Waals surface area contributed by atoms with E-state index < -0.39 is 78.2 Å². The van der Waals surface area contributed by atoms with Gasteiger partial charge in [0.25, 0.3) is 0 Å². The van der Waals surface area contributed by atoms with Gasteiger partial charge in [-0.15, -0.1) is 0 Å². The summed E-state index contributed by atoms with van der Waals surface area (Å²) in [6.07, 6.45) is -4.27. The molecule has 18 atom stereocenters. The summed E-state index contributed by atoms with van der Waals surface area (Å²) in [5.74, 6) is -1.94. The van der Waals surface area contributed by atoms with Crippen LogP contribution in [-0.2, 0) is 38.0 Å². The highest BCUT2D eigenvalue weighted by Gasteiger charge is 2.52. The zero-order valence-corrected chi connectivity index (χ0v) is 32.6. The van der Waals surface area contributed by atoms with Crippen LogP contribution in [0.4, 0.5) is 0 Å². The molecule has 13 heteroatoms. The standard InChI is InChI=1S/C37H68N2O11/c1-20-17-37(8,45-12)33(50-35-30(41)27(38(9)10)16-21(2)46-35)22(3)31(49-28-18-36(7,44-11)32(42)25(6)47-28)23(4)34(43)48-26-14-13-15-39(19-26)24(5)29(20)40/h20-33,35,40-42H,13-19H2,1-12H3/t20-,21-,22+,23-,24+,25+,26+,27+,28+,29+,30-,31+,32+,33-,35+,36-,37+/m1/s1. The van der Waals surface area contributed by atoms with Crippen LogP contribution < -0.4 is 0 Å². The third-order valence-electron chi connectivity index (χ3n) is 12.3. The Balaban J connectivity index is 1.80. The summed E-state index contributed by atoms with van der Waals surface area (Å²) in [6, 6.07) is -0.389. The maximum Gasteiger partial charge on any atom is 0.311 e. The number of fused-ring (bicyclic) bond motifs is 2. The maximum absolute atomic E-state index is 14.1. The number of methoxy groups -OCH3 is 2. The second-order valence-corrected chi connectivity index (χ2v) is 16.4. The Labute approximate surface area is 300 Å². The van der Waals surface area contributed by atoms with Crippen molar-refractivity contribution in [3.63, 3.8) is 0 Å². The van der Waals surface area contributed by atoms with Crippen LogP contribution >= 0.6 is 0 Å². The molecule has 292 valence electrons. The van der Waals surface area contributed by atoms with Crippen LogP contribution in [0.1, 0.15) is 87.5 Å². The van der Waals surface area contributed by atoms with Crippen LogP contribution in [-0.4, -0.2) is 157 Å². The number of hydrogen-bond acceptors (Lipinski definition) is 13. The van der Waals surface area contributed by atoms with Crippen LogP contribution in [0.25, 0.3) is 0 Å². The van der Waals surface area contributed by atoms with E-state index in [-0.39, 0.29) is 36.6 Å². The minimum atomic E-state index is -1.03. The normalized spacial score (nSPS) is 50.0. The third kappa shape index (κ3) is 9.03. The summed E-state index contributed by atoms with van der Waals surface area (Å²) in [7, 11) is 7.03. The third-order valence-corrected chi connectivity index (χ3v) is 12.3. The fraction of sp³-hybridized carbons (Fsp3) is 0.973. The SMILES string of the molecule is CO[C@]1(C)C[C@H](O[C@H]2[C@H](C)[C@@H](O[C@@H]3O[C@H](C)C[C@H](N(C)C)[C@H]3O)[C@@](C)(OC)C[C@@H](C)[C@H](O)[C@H](C)N3CCC[C@@H](C3)OC(=O)[C@@H]2C)O[C@@H](C)[C@@H]1O. The number of piperidine rings is 1. The van der Waals surface area contributed by atoms with Gasteiger partial charge in [-0.3, -0.25) is 9.69 Å². The Morgan fingerprint density at radius 2 is 1.56 bits per heavy atom. The van der Waals surface area contributed by atoms with Crippen molar-refractivity contribution in [1.82, 2.24) is 9.80 Å². The van der Waals surface area contributed by atoms with Crippen LogP contribution in [0, 0.1) is 17.8 Å². The van der Waals surface area contributed by atoms with E-state index in [0.717, 1.165) is 19.4 Å². The van der Waals surface area contributed by atoms with E-state index in [0.29, 0.717) is 19.4 Å². The lowest BCUT2D eigenvalue weighted by atomic mass is 9.76. The van der Waals surface area contributed by atoms with Gasteiger partial charge in [-0.1, -0.05) is 13.8 Å². The molecule has 0 aromatic carbocycles. The zero-order chi connectivity index (χ0) is 37.3. The molecular weight excluding hydrogens is 648 g/mol. The van der Waals surface area contributed by atoms with Crippen molar-refractivity contribution in [2.45, 2.75) is 172 Å². The van der Waals surface area contributed by atoms with E-state index in [1.807, 2.05) is 60.5 Å². The molecule has 4 fully saturated rings. The predicted octanol–water partition coefficient (Wildman–Crippen LogP) is 2.56.